The largest absolute Gasteiger partial charge is 0.489 e. The molecule has 0 aromatic heterocycles. The molecule has 2 rings (SSSR count). The van der Waals surface area contributed by atoms with Crippen molar-refractivity contribution in [2.75, 3.05) is 33.4 Å². The molecule has 0 spiro atoms. The lowest BCUT2D eigenvalue weighted by Gasteiger charge is -2.13. The van der Waals surface area contributed by atoms with Gasteiger partial charge in [-0.15, -0.1) is 0 Å². The summed E-state index contributed by atoms with van der Waals surface area (Å²) in [5.74, 6) is -0.739. The normalized spacial score (nSPS) is 11.3. The highest BCUT2D eigenvalue weighted by Gasteiger charge is 2.04. The second kappa shape index (κ2) is 11.0. The molecule has 0 aliphatic heterocycles. The molecular formula is C19H23F2N3O2. The zero-order valence-electron chi connectivity index (χ0n) is 14.7. The summed E-state index contributed by atoms with van der Waals surface area (Å²) in [6, 6.07) is 13.2. The van der Waals surface area contributed by atoms with Crippen molar-refractivity contribution < 1.29 is 18.3 Å². The summed E-state index contributed by atoms with van der Waals surface area (Å²) >= 11 is 0. The van der Waals surface area contributed by atoms with Gasteiger partial charge >= 0.3 is 0 Å². The zero-order chi connectivity index (χ0) is 18.6. The van der Waals surface area contributed by atoms with E-state index in [2.05, 4.69) is 15.6 Å². The molecule has 0 radical (unpaired) electrons. The van der Waals surface area contributed by atoms with Crippen LogP contribution in [0.3, 0.4) is 0 Å². The van der Waals surface area contributed by atoms with Crippen molar-refractivity contribution in [2.45, 2.75) is 6.61 Å². The number of hydrogen-bond acceptors (Lipinski definition) is 3. The SMILES string of the molecule is CN=C(NCCOCc1ccccc1)NCCOc1ccc(F)cc1F. The lowest BCUT2D eigenvalue weighted by Crippen LogP contribution is -2.40. The molecule has 0 amide bonds. The summed E-state index contributed by atoms with van der Waals surface area (Å²) in [4.78, 5) is 4.08. The number of rotatable bonds is 9. The van der Waals surface area contributed by atoms with Crippen LogP contribution in [0.5, 0.6) is 5.75 Å². The van der Waals surface area contributed by atoms with E-state index in [0.717, 1.165) is 17.7 Å². The molecule has 2 aromatic rings. The van der Waals surface area contributed by atoms with Gasteiger partial charge < -0.3 is 20.1 Å². The molecule has 0 saturated heterocycles. The first kappa shape index (κ1) is 19.7. The number of aliphatic imine (C=N–C) groups is 1. The second-order valence-electron chi connectivity index (χ2n) is 5.39. The van der Waals surface area contributed by atoms with Crippen LogP contribution in [-0.2, 0) is 11.3 Å². The quantitative estimate of drug-likeness (QED) is 0.409. The zero-order valence-corrected chi connectivity index (χ0v) is 14.7. The Morgan fingerprint density at radius 2 is 1.73 bits per heavy atom. The fourth-order valence-corrected chi connectivity index (χ4v) is 2.15. The van der Waals surface area contributed by atoms with Gasteiger partial charge in [0, 0.05) is 19.7 Å². The highest BCUT2D eigenvalue weighted by atomic mass is 19.1. The van der Waals surface area contributed by atoms with Gasteiger partial charge in [0.15, 0.2) is 17.5 Å². The molecule has 5 nitrogen and oxygen atoms in total. The van der Waals surface area contributed by atoms with E-state index in [4.69, 9.17) is 9.47 Å². The first-order chi connectivity index (χ1) is 12.7. The Balaban J connectivity index is 1.57. The molecular weight excluding hydrogens is 340 g/mol. The summed E-state index contributed by atoms with van der Waals surface area (Å²) in [7, 11) is 1.65. The molecule has 26 heavy (non-hydrogen) atoms. The third kappa shape index (κ3) is 7.06. The van der Waals surface area contributed by atoms with Crippen molar-refractivity contribution in [3.05, 3.63) is 65.7 Å². The van der Waals surface area contributed by atoms with Crippen LogP contribution in [0.25, 0.3) is 0 Å². The molecule has 140 valence electrons. The van der Waals surface area contributed by atoms with Gasteiger partial charge in [-0.05, 0) is 17.7 Å². The monoisotopic (exact) mass is 363 g/mol. The number of guanidine groups is 1. The van der Waals surface area contributed by atoms with Crippen LogP contribution in [0, 0.1) is 11.6 Å². The molecule has 0 unspecified atom stereocenters. The average Bonchev–Trinajstić information content (AvgIpc) is 2.65. The summed E-state index contributed by atoms with van der Waals surface area (Å²) < 4.78 is 37.1. The van der Waals surface area contributed by atoms with E-state index in [9.17, 15) is 8.78 Å². The van der Waals surface area contributed by atoms with Crippen molar-refractivity contribution in [3.8, 4) is 5.75 Å². The third-order valence-electron chi connectivity index (χ3n) is 3.42. The maximum absolute atomic E-state index is 13.4. The summed E-state index contributed by atoms with van der Waals surface area (Å²) in [5.41, 5.74) is 1.13. The standard InChI is InChI=1S/C19H23F2N3O2/c1-22-19(23-9-11-25-14-15-5-3-2-4-6-15)24-10-12-26-18-8-7-16(20)13-17(18)21/h2-8,13H,9-12,14H2,1H3,(H2,22,23,24). The van der Waals surface area contributed by atoms with Crippen LogP contribution in [0.2, 0.25) is 0 Å². The van der Waals surface area contributed by atoms with Gasteiger partial charge in [-0.3, -0.25) is 4.99 Å². The minimum atomic E-state index is -0.719. The third-order valence-corrected chi connectivity index (χ3v) is 3.42. The minimum Gasteiger partial charge on any atom is -0.489 e. The molecule has 2 N–H and O–H groups in total. The van der Waals surface area contributed by atoms with E-state index in [0.29, 0.717) is 32.3 Å². The topological polar surface area (TPSA) is 54.9 Å². The summed E-state index contributed by atoms with van der Waals surface area (Å²) in [6.45, 7) is 2.33. The van der Waals surface area contributed by atoms with Gasteiger partial charge in [0.1, 0.15) is 12.4 Å². The molecule has 0 bridgehead atoms. The molecule has 0 fully saturated rings. The van der Waals surface area contributed by atoms with Gasteiger partial charge in [-0.25, -0.2) is 8.78 Å². The maximum atomic E-state index is 13.4. The Bertz CT molecular complexity index is 696. The van der Waals surface area contributed by atoms with Crippen LogP contribution in [0.15, 0.2) is 53.5 Å². The first-order valence-electron chi connectivity index (χ1n) is 8.33. The number of benzene rings is 2. The number of nitrogens with one attached hydrogen (secondary N) is 2. The fraction of sp³-hybridized carbons (Fsp3) is 0.316. The van der Waals surface area contributed by atoms with Gasteiger partial charge in [-0.2, -0.15) is 0 Å². The highest BCUT2D eigenvalue weighted by molar-refractivity contribution is 5.79. The van der Waals surface area contributed by atoms with E-state index < -0.39 is 11.6 Å². The van der Waals surface area contributed by atoms with Gasteiger partial charge in [-0.1, -0.05) is 30.3 Å². The molecule has 2 aromatic carbocycles. The molecule has 0 aliphatic carbocycles. The van der Waals surface area contributed by atoms with Crippen LogP contribution >= 0.6 is 0 Å². The van der Waals surface area contributed by atoms with Crippen molar-refractivity contribution in [1.29, 1.82) is 0 Å². The smallest absolute Gasteiger partial charge is 0.191 e. The Hall–Kier alpha value is -2.67. The van der Waals surface area contributed by atoms with Crippen molar-refractivity contribution >= 4 is 5.96 Å². The van der Waals surface area contributed by atoms with Crippen LogP contribution < -0.4 is 15.4 Å². The molecule has 7 heteroatoms. The van der Waals surface area contributed by atoms with Crippen molar-refractivity contribution in [3.63, 3.8) is 0 Å². The number of halogens is 2. The highest BCUT2D eigenvalue weighted by Crippen LogP contribution is 2.17. The van der Waals surface area contributed by atoms with E-state index >= 15 is 0 Å². The van der Waals surface area contributed by atoms with Crippen LogP contribution in [0.4, 0.5) is 8.78 Å². The molecule has 0 atom stereocenters. The van der Waals surface area contributed by atoms with Gasteiger partial charge in [0.25, 0.3) is 0 Å². The molecule has 0 heterocycles. The Morgan fingerprint density at radius 1 is 1.00 bits per heavy atom. The maximum Gasteiger partial charge on any atom is 0.191 e. The summed E-state index contributed by atoms with van der Waals surface area (Å²) in [5, 5.41) is 6.15. The average molecular weight is 363 g/mol. The molecule has 0 aliphatic rings. The minimum absolute atomic E-state index is 0.0189. The fourth-order valence-electron chi connectivity index (χ4n) is 2.15. The van der Waals surface area contributed by atoms with Gasteiger partial charge in [0.05, 0.1) is 19.8 Å². The van der Waals surface area contributed by atoms with Crippen LogP contribution in [0.1, 0.15) is 5.56 Å². The number of nitrogens with zero attached hydrogens (tertiary/aromatic N) is 1. The lowest BCUT2D eigenvalue weighted by atomic mass is 10.2. The first-order valence-corrected chi connectivity index (χ1v) is 8.33. The van der Waals surface area contributed by atoms with Crippen molar-refractivity contribution in [1.82, 2.24) is 10.6 Å². The second-order valence-corrected chi connectivity index (χ2v) is 5.39. The number of hydrogen-bond donors (Lipinski definition) is 2. The number of ether oxygens (including phenoxy) is 2. The predicted molar refractivity (Wildman–Crippen MR) is 97.3 cm³/mol. The Labute approximate surface area is 152 Å². The predicted octanol–water partition coefficient (Wildman–Crippen LogP) is 2.73. The van der Waals surface area contributed by atoms with Gasteiger partial charge in [0.2, 0.25) is 0 Å². The van der Waals surface area contributed by atoms with Crippen LogP contribution in [-0.4, -0.2) is 39.3 Å². The Morgan fingerprint density at radius 3 is 2.42 bits per heavy atom. The van der Waals surface area contributed by atoms with E-state index in [1.54, 1.807) is 7.05 Å². The molecule has 0 saturated carbocycles. The van der Waals surface area contributed by atoms with E-state index in [-0.39, 0.29) is 12.4 Å². The Kier molecular flexibility index (Phi) is 8.35. The van der Waals surface area contributed by atoms with Crippen molar-refractivity contribution in [2.24, 2.45) is 4.99 Å². The summed E-state index contributed by atoms with van der Waals surface area (Å²) in [6.07, 6.45) is 0. The van der Waals surface area contributed by atoms with E-state index in [1.165, 1.54) is 6.07 Å². The lowest BCUT2D eigenvalue weighted by molar-refractivity contribution is 0.125. The van der Waals surface area contributed by atoms with E-state index in [1.807, 2.05) is 30.3 Å².